The fourth-order valence-corrected chi connectivity index (χ4v) is 3.93. The van der Waals surface area contributed by atoms with Crippen molar-refractivity contribution in [2.24, 2.45) is 0 Å². The van der Waals surface area contributed by atoms with Crippen molar-refractivity contribution >= 4 is 17.8 Å². The standard InChI is InChI=1S/C24H25F2N3.C5H10O2/c25-22-15-21(28-13-11-27-12-14-28)16-23(26)24(22)29(17-19-7-3-1-4-8-19)18-20-9-5-2-6-10-20;1-5(2,3)7-4-6/h1-10,15-16,27H,11-14,17-18H2;4H,1-3H3. The largest absolute Gasteiger partial charge is 0.462 e. The molecule has 0 atom stereocenters. The Balaban J connectivity index is 0.000000454. The molecule has 1 aliphatic heterocycles. The highest BCUT2D eigenvalue weighted by Gasteiger charge is 2.21. The number of nitrogens with one attached hydrogen (secondary N) is 1. The van der Waals surface area contributed by atoms with Crippen molar-refractivity contribution in [2.75, 3.05) is 36.0 Å². The van der Waals surface area contributed by atoms with Gasteiger partial charge >= 0.3 is 0 Å². The lowest BCUT2D eigenvalue weighted by Crippen LogP contribution is -2.43. The fraction of sp³-hybridized carbons (Fsp3) is 0.345. The predicted octanol–water partition coefficient (Wildman–Crippen LogP) is 5.54. The highest BCUT2D eigenvalue weighted by atomic mass is 19.1. The first-order chi connectivity index (χ1) is 17.3. The average Bonchev–Trinajstić information content (AvgIpc) is 2.85. The molecule has 1 aliphatic rings. The van der Waals surface area contributed by atoms with Gasteiger partial charge in [0.25, 0.3) is 6.47 Å². The first-order valence-electron chi connectivity index (χ1n) is 12.2. The molecule has 0 aliphatic carbocycles. The summed E-state index contributed by atoms with van der Waals surface area (Å²) in [4.78, 5) is 13.4. The third kappa shape index (κ3) is 8.34. The molecule has 0 radical (unpaired) electrons. The van der Waals surface area contributed by atoms with Gasteiger partial charge in [0.05, 0.1) is 0 Å². The van der Waals surface area contributed by atoms with E-state index in [0.29, 0.717) is 25.2 Å². The van der Waals surface area contributed by atoms with Gasteiger partial charge in [0.2, 0.25) is 0 Å². The molecular formula is C29H35F2N3O2. The Morgan fingerprint density at radius 1 is 0.889 bits per heavy atom. The van der Waals surface area contributed by atoms with Crippen molar-refractivity contribution in [3.8, 4) is 0 Å². The maximum absolute atomic E-state index is 15.2. The van der Waals surface area contributed by atoms with Crippen LogP contribution in [0.4, 0.5) is 20.2 Å². The first-order valence-corrected chi connectivity index (χ1v) is 12.2. The van der Waals surface area contributed by atoms with E-state index in [9.17, 15) is 4.79 Å². The maximum atomic E-state index is 15.2. The summed E-state index contributed by atoms with van der Waals surface area (Å²) >= 11 is 0. The molecule has 1 fully saturated rings. The van der Waals surface area contributed by atoms with Gasteiger partial charge in [-0.3, -0.25) is 4.79 Å². The van der Waals surface area contributed by atoms with E-state index in [0.717, 1.165) is 37.3 Å². The number of ether oxygens (including phenoxy) is 1. The molecule has 1 N–H and O–H groups in total. The molecule has 1 saturated heterocycles. The Morgan fingerprint density at radius 2 is 1.36 bits per heavy atom. The number of carbonyl (C=O) groups is 1. The van der Waals surface area contributed by atoms with Gasteiger partial charge < -0.3 is 19.9 Å². The quantitative estimate of drug-likeness (QED) is 0.436. The van der Waals surface area contributed by atoms with Gasteiger partial charge in [-0.1, -0.05) is 60.7 Å². The zero-order valence-corrected chi connectivity index (χ0v) is 21.2. The zero-order chi connectivity index (χ0) is 26.0. The van der Waals surface area contributed by atoms with Crippen molar-refractivity contribution in [1.82, 2.24) is 5.32 Å². The van der Waals surface area contributed by atoms with Crippen molar-refractivity contribution in [1.29, 1.82) is 0 Å². The Morgan fingerprint density at radius 3 is 1.75 bits per heavy atom. The third-order valence-electron chi connectivity index (χ3n) is 5.63. The van der Waals surface area contributed by atoms with E-state index >= 15 is 8.78 Å². The number of carbonyl (C=O) groups excluding carboxylic acids is 1. The van der Waals surface area contributed by atoms with Crippen molar-refractivity contribution < 1.29 is 18.3 Å². The molecule has 5 nitrogen and oxygen atoms in total. The molecule has 0 unspecified atom stereocenters. The lowest BCUT2D eigenvalue weighted by Gasteiger charge is -2.31. The minimum atomic E-state index is -0.523. The van der Waals surface area contributed by atoms with Crippen LogP contribution in [0.15, 0.2) is 72.8 Å². The average molecular weight is 496 g/mol. The third-order valence-corrected chi connectivity index (χ3v) is 5.63. The minimum absolute atomic E-state index is 0.0246. The van der Waals surface area contributed by atoms with Gasteiger partial charge in [-0.05, 0) is 44.0 Å². The molecule has 0 aromatic heterocycles. The maximum Gasteiger partial charge on any atom is 0.293 e. The number of benzene rings is 3. The summed E-state index contributed by atoms with van der Waals surface area (Å²) in [5.41, 5.74) is 2.32. The highest BCUT2D eigenvalue weighted by Crippen LogP contribution is 2.31. The van der Waals surface area contributed by atoms with E-state index in [1.807, 2.05) is 86.3 Å². The molecule has 7 heteroatoms. The first kappa shape index (κ1) is 27.1. The summed E-state index contributed by atoms with van der Waals surface area (Å²) in [6.45, 7) is 9.90. The Bertz CT molecular complexity index is 1020. The van der Waals surface area contributed by atoms with Gasteiger partial charge in [0.1, 0.15) is 11.3 Å². The number of piperazine rings is 1. The molecule has 0 spiro atoms. The molecule has 0 saturated carbocycles. The zero-order valence-electron chi connectivity index (χ0n) is 21.2. The SMILES string of the molecule is CC(C)(C)OC=O.Fc1cc(N2CCNCC2)cc(F)c1N(Cc1ccccc1)Cc1ccccc1. The van der Waals surface area contributed by atoms with Crippen LogP contribution < -0.4 is 15.1 Å². The van der Waals surface area contributed by atoms with Gasteiger partial charge in [-0.25, -0.2) is 8.78 Å². The summed E-state index contributed by atoms with van der Waals surface area (Å²) < 4.78 is 34.9. The summed E-state index contributed by atoms with van der Waals surface area (Å²) in [5, 5.41) is 3.26. The summed E-state index contributed by atoms with van der Waals surface area (Å²) in [5.74, 6) is -1.05. The molecule has 1 heterocycles. The van der Waals surface area contributed by atoms with E-state index in [-0.39, 0.29) is 11.3 Å². The topological polar surface area (TPSA) is 44.8 Å². The molecular weight excluding hydrogens is 460 g/mol. The molecule has 3 aromatic carbocycles. The molecule has 36 heavy (non-hydrogen) atoms. The minimum Gasteiger partial charge on any atom is -0.462 e. The Kier molecular flexibility index (Phi) is 9.82. The van der Waals surface area contributed by atoms with Gasteiger partial charge in [-0.2, -0.15) is 0 Å². The van der Waals surface area contributed by atoms with E-state index in [1.54, 1.807) is 4.90 Å². The Labute approximate surface area is 212 Å². The predicted molar refractivity (Wildman–Crippen MR) is 141 cm³/mol. The van der Waals surface area contributed by atoms with Crippen LogP contribution in [-0.2, 0) is 22.6 Å². The van der Waals surface area contributed by atoms with Crippen molar-refractivity contribution in [3.05, 3.63) is 95.6 Å². The number of rotatable bonds is 7. The molecule has 0 amide bonds. The number of hydrogen-bond donors (Lipinski definition) is 1. The van der Waals surface area contributed by atoms with E-state index in [2.05, 4.69) is 10.1 Å². The second kappa shape index (κ2) is 13.0. The Hall–Kier alpha value is -3.45. The summed E-state index contributed by atoms with van der Waals surface area (Å²) in [7, 11) is 0. The van der Waals surface area contributed by atoms with Crippen LogP contribution in [0, 0.1) is 11.6 Å². The van der Waals surface area contributed by atoms with E-state index < -0.39 is 11.6 Å². The van der Waals surface area contributed by atoms with E-state index in [1.165, 1.54) is 12.1 Å². The van der Waals surface area contributed by atoms with Crippen LogP contribution in [0.5, 0.6) is 0 Å². The second-order valence-corrected chi connectivity index (χ2v) is 9.65. The molecule has 0 bridgehead atoms. The molecule has 192 valence electrons. The fourth-order valence-electron chi connectivity index (χ4n) is 3.93. The van der Waals surface area contributed by atoms with Crippen LogP contribution in [0.25, 0.3) is 0 Å². The summed E-state index contributed by atoms with van der Waals surface area (Å²) in [6.07, 6.45) is 0. The molecule has 4 rings (SSSR count). The van der Waals surface area contributed by atoms with Crippen LogP contribution in [-0.4, -0.2) is 38.3 Å². The van der Waals surface area contributed by atoms with Crippen molar-refractivity contribution in [3.63, 3.8) is 0 Å². The number of anilines is 2. The number of halogens is 2. The van der Waals surface area contributed by atoms with Crippen LogP contribution >= 0.6 is 0 Å². The second-order valence-electron chi connectivity index (χ2n) is 9.65. The number of nitrogens with zero attached hydrogens (tertiary/aromatic N) is 2. The van der Waals surface area contributed by atoms with Gasteiger partial charge in [-0.15, -0.1) is 0 Å². The van der Waals surface area contributed by atoms with Crippen LogP contribution in [0.3, 0.4) is 0 Å². The lowest BCUT2D eigenvalue weighted by molar-refractivity contribution is -0.138. The van der Waals surface area contributed by atoms with Gasteiger partial charge in [0, 0.05) is 45.0 Å². The molecule has 3 aromatic rings. The van der Waals surface area contributed by atoms with E-state index in [4.69, 9.17) is 0 Å². The van der Waals surface area contributed by atoms with Crippen LogP contribution in [0.1, 0.15) is 31.9 Å². The lowest BCUT2D eigenvalue weighted by atomic mass is 10.1. The van der Waals surface area contributed by atoms with Crippen LogP contribution in [0.2, 0.25) is 0 Å². The highest BCUT2D eigenvalue weighted by molar-refractivity contribution is 5.59. The monoisotopic (exact) mass is 495 g/mol. The number of hydrogen-bond acceptors (Lipinski definition) is 5. The normalized spacial score (nSPS) is 13.4. The van der Waals surface area contributed by atoms with Crippen molar-refractivity contribution in [2.45, 2.75) is 39.5 Å². The smallest absolute Gasteiger partial charge is 0.293 e. The van der Waals surface area contributed by atoms with Gasteiger partial charge in [0.15, 0.2) is 11.6 Å². The summed E-state index contributed by atoms with van der Waals surface area (Å²) in [6, 6.07) is 22.5.